The Morgan fingerprint density at radius 3 is 1.78 bits per heavy atom. The molecule has 0 radical (unpaired) electrons. The maximum absolute atomic E-state index is 6.62. The average molecular weight is 485 g/mol. The zero-order chi connectivity index (χ0) is 25.8. The second-order valence-electron chi connectivity index (χ2n) is 9.42. The molecule has 0 saturated carbocycles. The Kier molecular flexibility index (Phi) is 6.76. The van der Waals surface area contributed by atoms with Gasteiger partial charge in [-0.3, -0.25) is 4.98 Å². The van der Waals surface area contributed by atoms with Crippen molar-refractivity contribution in [1.82, 2.24) is 9.88 Å². The number of nitrogens with two attached hydrogens (primary N) is 2. The van der Waals surface area contributed by atoms with Gasteiger partial charge in [0.05, 0.1) is 5.52 Å². The van der Waals surface area contributed by atoms with Gasteiger partial charge in [0.2, 0.25) is 0 Å². The van der Waals surface area contributed by atoms with Crippen LogP contribution in [0.5, 0.6) is 0 Å². The number of aromatic nitrogens is 1. The highest BCUT2D eigenvalue weighted by molar-refractivity contribution is 5.92. The van der Waals surface area contributed by atoms with E-state index in [1.54, 1.807) is 6.20 Å². The number of hydrogen-bond donors (Lipinski definition) is 2. The maximum Gasteiger partial charge on any atom is 0.116 e. The number of benzene rings is 4. The Morgan fingerprint density at radius 2 is 1.30 bits per heavy atom. The van der Waals surface area contributed by atoms with Crippen LogP contribution in [0.4, 0.5) is 5.69 Å². The van der Waals surface area contributed by atoms with E-state index >= 15 is 0 Å². The van der Waals surface area contributed by atoms with E-state index in [1.165, 1.54) is 16.7 Å². The summed E-state index contributed by atoms with van der Waals surface area (Å²) in [5.41, 5.74) is 19.5. The lowest BCUT2D eigenvalue weighted by Gasteiger charge is -2.44. The fourth-order valence-electron chi connectivity index (χ4n) is 5.26. The van der Waals surface area contributed by atoms with E-state index in [1.807, 2.05) is 19.1 Å². The summed E-state index contributed by atoms with van der Waals surface area (Å²) in [4.78, 5) is 6.76. The van der Waals surface area contributed by atoms with Crippen molar-refractivity contribution in [2.45, 2.75) is 18.5 Å². The smallest absolute Gasteiger partial charge is 0.116 e. The van der Waals surface area contributed by atoms with Crippen molar-refractivity contribution < 1.29 is 0 Å². The topological polar surface area (TPSA) is 68.2 Å². The molecule has 5 rings (SSSR count). The monoisotopic (exact) mass is 484 g/mol. The summed E-state index contributed by atoms with van der Waals surface area (Å²) in [5, 5.41) is 0.926. The highest BCUT2D eigenvalue weighted by Gasteiger charge is 2.39. The third-order valence-corrected chi connectivity index (χ3v) is 7.04. The fraction of sp³-hybridized carbons (Fsp3) is 0.121. The van der Waals surface area contributed by atoms with Crippen molar-refractivity contribution in [3.8, 4) is 0 Å². The predicted octanol–water partition coefficient (Wildman–Crippen LogP) is 6.43. The molecule has 1 atom stereocenters. The molecule has 1 aromatic heterocycles. The van der Waals surface area contributed by atoms with Gasteiger partial charge in [-0.15, -0.1) is 0 Å². The minimum atomic E-state index is -0.582. The van der Waals surface area contributed by atoms with Gasteiger partial charge < -0.3 is 16.4 Å². The molecular weight excluding hydrogens is 452 g/mol. The molecule has 1 unspecified atom stereocenters. The third kappa shape index (κ3) is 4.48. The zero-order valence-corrected chi connectivity index (χ0v) is 21.3. The maximum atomic E-state index is 6.62. The van der Waals surface area contributed by atoms with Crippen molar-refractivity contribution in [2.75, 3.05) is 12.8 Å². The molecule has 0 amide bonds. The van der Waals surface area contributed by atoms with Crippen LogP contribution >= 0.6 is 0 Å². The lowest BCUT2D eigenvalue weighted by molar-refractivity contribution is 0.281. The third-order valence-electron chi connectivity index (χ3n) is 7.04. The lowest BCUT2D eigenvalue weighted by Crippen LogP contribution is -2.43. The van der Waals surface area contributed by atoms with Crippen LogP contribution in [0.15, 0.2) is 128 Å². The van der Waals surface area contributed by atoms with Crippen LogP contribution in [0.25, 0.3) is 16.5 Å². The van der Waals surface area contributed by atoms with E-state index in [-0.39, 0.29) is 6.04 Å². The highest BCUT2D eigenvalue weighted by Crippen LogP contribution is 2.42. The zero-order valence-electron chi connectivity index (χ0n) is 21.3. The van der Waals surface area contributed by atoms with Crippen LogP contribution in [0.1, 0.15) is 29.2 Å². The van der Waals surface area contributed by atoms with E-state index in [9.17, 15) is 0 Å². The molecule has 4 nitrogen and oxygen atoms in total. The van der Waals surface area contributed by atoms with Crippen LogP contribution in [-0.4, -0.2) is 23.0 Å². The van der Waals surface area contributed by atoms with Crippen molar-refractivity contribution in [3.05, 3.63) is 150 Å². The SMILES string of the molecule is CC(N)/C(=C\N(C)C(c1ccccc1)(c1ccccc1)c1ccccc1)c1ccc2nccc(N)c2c1. The first-order chi connectivity index (χ1) is 18.0. The van der Waals surface area contributed by atoms with Crippen LogP contribution < -0.4 is 11.5 Å². The van der Waals surface area contributed by atoms with Crippen molar-refractivity contribution in [3.63, 3.8) is 0 Å². The van der Waals surface area contributed by atoms with Gasteiger partial charge in [0.25, 0.3) is 0 Å². The molecule has 4 heteroatoms. The number of rotatable bonds is 7. The molecule has 37 heavy (non-hydrogen) atoms. The molecule has 0 aliphatic heterocycles. The Hall–Kier alpha value is -4.41. The molecule has 5 aromatic rings. The van der Waals surface area contributed by atoms with Gasteiger partial charge in [0.15, 0.2) is 0 Å². The summed E-state index contributed by atoms with van der Waals surface area (Å²) < 4.78 is 0. The van der Waals surface area contributed by atoms with Gasteiger partial charge >= 0.3 is 0 Å². The second kappa shape index (κ2) is 10.3. The number of pyridine rings is 1. The second-order valence-corrected chi connectivity index (χ2v) is 9.42. The Balaban J connectivity index is 1.76. The summed E-state index contributed by atoms with van der Waals surface area (Å²) in [5.74, 6) is 0. The predicted molar refractivity (Wildman–Crippen MR) is 155 cm³/mol. The number of nitrogens with zero attached hydrogens (tertiary/aromatic N) is 2. The first-order valence-corrected chi connectivity index (χ1v) is 12.5. The molecule has 1 heterocycles. The molecule has 4 N–H and O–H groups in total. The van der Waals surface area contributed by atoms with Gasteiger partial charge in [0, 0.05) is 36.6 Å². The first kappa shape index (κ1) is 24.3. The quantitative estimate of drug-likeness (QED) is 0.261. The van der Waals surface area contributed by atoms with Gasteiger partial charge in [-0.2, -0.15) is 0 Å². The van der Waals surface area contributed by atoms with Crippen LogP contribution in [0, 0.1) is 0 Å². The standard InChI is InChI=1S/C33H32N4/c1-24(34)30(25-18-19-32-29(22-25)31(35)20-21-36-32)23-37(2)33(26-12-6-3-7-13-26,27-14-8-4-9-15-27)28-16-10-5-11-17-28/h3-24H,34H2,1-2H3,(H2,35,36)/b30-23+. The van der Waals surface area contributed by atoms with Gasteiger partial charge in [0.1, 0.15) is 5.54 Å². The fourth-order valence-corrected chi connectivity index (χ4v) is 5.26. The van der Waals surface area contributed by atoms with Gasteiger partial charge in [-0.25, -0.2) is 0 Å². The number of hydrogen-bond acceptors (Lipinski definition) is 4. The van der Waals surface area contributed by atoms with Crippen molar-refractivity contribution >= 4 is 22.2 Å². The molecule has 0 aliphatic rings. The Morgan fingerprint density at radius 1 is 0.784 bits per heavy atom. The van der Waals surface area contributed by atoms with E-state index in [0.717, 1.165) is 22.0 Å². The minimum absolute atomic E-state index is 0.210. The largest absolute Gasteiger partial charge is 0.398 e. The molecular formula is C33H32N4. The molecule has 0 saturated heterocycles. The Bertz CT molecular complexity index is 1410. The normalized spacial score (nSPS) is 12.9. The molecule has 0 bridgehead atoms. The summed E-state index contributed by atoms with van der Waals surface area (Å²) in [6.07, 6.45) is 3.92. The first-order valence-electron chi connectivity index (χ1n) is 12.5. The van der Waals surface area contributed by atoms with E-state index < -0.39 is 5.54 Å². The number of fused-ring (bicyclic) bond motifs is 1. The van der Waals surface area contributed by atoms with Gasteiger partial charge in [-0.05, 0) is 52.9 Å². The average Bonchev–Trinajstić information content (AvgIpc) is 2.94. The van der Waals surface area contributed by atoms with Crippen molar-refractivity contribution in [2.24, 2.45) is 5.73 Å². The summed E-state index contributed by atoms with van der Waals surface area (Å²) in [6.45, 7) is 2.02. The molecule has 0 spiro atoms. The molecule has 184 valence electrons. The number of anilines is 1. The minimum Gasteiger partial charge on any atom is -0.398 e. The summed E-state index contributed by atoms with van der Waals surface area (Å²) in [6, 6.07) is 39.7. The van der Waals surface area contributed by atoms with Crippen LogP contribution in [0.2, 0.25) is 0 Å². The van der Waals surface area contributed by atoms with Crippen molar-refractivity contribution in [1.29, 1.82) is 0 Å². The molecule has 0 aliphatic carbocycles. The van der Waals surface area contributed by atoms with Crippen LogP contribution in [0.3, 0.4) is 0 Å². The van der Waals surface area contributed by atoms with Crippen LogP contribution in [-0.2, 0) is 5.54 Å². The van der Waals surface area contributed by atoms with E-state index in [0.29, 0.717) is 5.69 Å². The highest BCUT2D eigenvalue weighted by atomic mass is 15.2. The summed E-state index contributed by atoms with van der Waals surface area (Å²) >= 11 is 0. The van der Waals surface area contributed by atoms with E-state index in [2.05, 4.69) is 126 Å². The molecule has 0 fully saturated rings. The van der Waals surface area contributed by atoms with E-state index in [4.69, 9.17) is 11.5 Å². The lowest BCUT2D eigenvalue weighted by atomic mass is 9.75. The molecule has 4 aromatic carbocycles. The number of nitrogen functional groups attached to an aromatic ring is 1. The summed E-state index contributed by atoms with van der Waals surface area (Å²) in [7, 11) is 2.13. The Labute approximate surface area is 218 Å². The van der Waals surface area contributed by atoms with Gasteiger partial charge in [-0.1, -0.05) is 97.1 Å².